The molecule has 1 N–H and O–H groups in total. The summed E-state index contributed by atoms with van der Waals surface area (Å²) in [4.78, 5) is 16.3. The molecule has 5 rings (SSSR count). The second-order valence-corrected chi connectivity index (χ2v) is 11.8. The summed E-state index contributed by atoms with van der Waals surface area (Å²) in [5, 5.41) is 4.98. The molecule has 3 aliphatic rings. The summed E-state index contributed by atoms with van der Waals surface area (Å²) in [7, 11) is 1.65. The predicted molar refractivity (Wildman–Crippen MR) is 136 cm³/mol. The summed E-state index contributed by atoms with van der Waals surface area (Å²) in [5.74, 6) is 1.33. The summed E-state index contributed by atoms with van der Waals surface area (Å²) >= 11 is 6.54. The van der Waals surface area contributed by atoms with Crippen LogP contribution in [-0.4, -0.2) is 61.4 Å². The lowest BCUT2D eigenvalue weighted by Crippen LogP contribution is -2.52. The lowest BCUT2D eigenvalue weighted by molar-refractivity contribution is 0.0365. The number of aromatic nitrogens is 1. The fraction of sp³-hybridized carbons (Fsp3) is 0.667. The lowest BCUT2D eigenvalue weighted by Gasteiger charge is -2.43. The third kappa shape index (κ3) is 3.73. The van der Waals surface area contributed by atoms with Crippen LogP contribution in [0.5, 0.6) is 5.75 Å². The fourth-order valence-electron chi connectivity index (χ4n) is 7.21. The number of nitrogens with zero attached hydrogens (tertiary/aromatic N) is 2. The highest BCUT2D eigenvalue weighted by molar-refractivity contribution is 6.33. The van der Waals surface area contributed by atoms with E-state index in [2.05, 4.69) is 42.5 Å². The van der Waals surface area contributed by atoms with E-state index in [0.29, 0.717) is 16.7 Å². The van der Waals surface area contributed by atoms with Gasteiger partial charge in [-0.3, -0.25) is 9.69 Å². The molecule has 2 heterocycles. The minimum absolute atomic E-state index is 0.0175. The molecule has 2 saturated carbocycles. The molecule has 1 aromatic heterocycles. The van der Waals surface area contributed by atoms with Gasteiger partial charge in [-0.15, -0.1) is 0 Å². The number of nitrogens with one attached hydrogen (secondary N) is 1. The molecule has 6 nitrogen and oxygen atoms in total. The van der Waals surface area contributed by atoms with Gasteiger partial charge in [0.2, 0.25) is 0 Å². The fourth-order valence-corrected chi connectivity index (χ4v) is 7.44. The summed E-state index contributed by atoms with van der Waals surface area (Å²) in [6.07, 6.45) is 3.66. The Labute approximate surface area is 207 Å². The van der Waals surface area contributed by atoms with Crippen molar-refractivity contribution in [3.05, 3.63) is 28.4 Å². The number of ether oxygens (including phenoxy) is 2. The molecular formula is C27H38ClN3O3. The van der Waals surface area contributed by atoms with E-state index in [4.69, 9.17) is 21.1 Å². The maximum absolute atomic E-state index is 13.9. The third-order valence-electron chi connectivity index (χ3n) is 9.11. The van der Waals surface area contributed by atoms with Crippen LogP contribution < -0.4 is 10.1 Å². The van der Waals surface area contributed by atoms with Crippen LogP contribution in [0.1, 0.15) is 56.1 Å². The Morgan fingerprint density at radius 3 is 2.62 bits per heavy atom. The van der Waals surface area contributed by atoms with Crippen LogP contribution in [0.4, 0.5) is 0 Å². The largest absolute Gasteiger partial charge is 0.493 e. The van der Waals surface area contributed by atoms with Gasteiger partial charge in [0.15, 0.2) is 5.75 Å². The van der Waals surface area contributed by atoms with Crippen molar-refractivity contribution < 1.29 is 14.3 Å². The second-order valence-electron chi connectivity index (χ2n) is 11.4. The van der Waals surface area contributed by atoms with Crippen molar-refractivity contribution in [3.63, 3.8) is 0 Å². The molecule has 3 fully saturated rings. The molecule has 0 unspecified atom stereocenters. The molecule has 186 valence electrons. The molecule has 0 radical (unpaired) electrons. The van der Waals surface area contributed by atoms with Gasteiger partial charge in [-0.25, -0.2) is 0 Å². The first-order chi connectivity index (χ1) is 16.2. The topological polar surface area (TPSA) is 55.7 Å². The Morgan fingerprint density at radius 1 is 1.24 bits per heavy atom. The predicted octanol–water partition coefficient (Wildman–Crippen LogP) is 4.89. The Hall–Kier alpha value is -1.76. The quantitative estimate of drug-likeness (QED) is 0.630. The van der Waals surface area contributed by atoms with Crippen molar-refractivity contribution in [2.75, 3.05) is 40.0 Å². The normalized spacial score (nSPS) is 28.5. The minimum atomic E-state index is 0.0175. The van der Waals surface area contributed by atoms with E-state index >= 15 is 0 Å². The number of hydrogen-bond donors (Lipinski definition) is 1. The average Bonchev–Trinajstić information content (AvgIpc) is 3.40. The molecule has 1 amide bonds. The first-order valence-corrected chi connectivity index (χ1v) is 13.0. The molecule has 2 bridgehead atoms. The zero-order chi connectivity index (χ0) is 24.3. The van der Waals surface area contributed by atoms with Crippen LogP contribution in [0.2, 0.25) is 5.02 Å². The van der Waals surface area contributed by atoms with Crippen LogP contribution in [0.15, 0.2) is 12.1 Å². The second kappa shape index (κ2) is 8.72. The number of carbonyl (C=O) groups excluding carboxylic acids is 1. The van der Waals surface area contributed by atoms with Crippen LogP contribution in [0.3, 0.4) is 0 Å². The lowest BCUT2D eigenvalue weighted by atomic mass is 9.68. The number of rotatable bonds is 6. The van der Waals surface area contributed by atoms with E-state index in [1.54, 1.807) is 7.11 Å². The number of benzene rings is 1. The van der Waals surface area contributed by atoms with E-state index < -0.39 is 0 Å². The van der Waals surface area contributed by atoms with Gasteiger partial charge in [0, 0.05) is 43.3 Å². The number of methoxy groups -OCH3 is 1. The average molecular weight is 488 g/mol. The summed E-state index contributed by atoms with van der Waals surface area (Å²) in [6, 6.07) is 3.99. The number of hydrogen-bond acceptors (Lipinski definition) is 4. The van der Waals surface area contributed by atoms with Gasteiger partial charge in [-0.1, -0.05) is 38.4 Å². The highest BCUT2D eigenvalue weighted by Gasteiger charge is 2.59. The van der Waals surface area contributed by atoms with E-state index in [1.165, 1.54) is 19.3 Å². The van der Waals surface area contributed by atoms with Gasteiger partial charge in [0.25, 0.3) is 5.91 Å². The Kier molecular flexibility index (Phi) is 6.14. The molecule has 2 aliphatic carbocycles. The van der Waals surface area contributed by atoms with Crippen LogP contribution in [-0.2, 0) is 11.3 Å². The molecular weight excluding hydrogens is 450 g/mol. The Bertz CT molecular complexity index is 1100. The first kappa shape index (κ1) is 24.0. The highest BCUT2D eigenvalue weighted by Crippen LogP contribution is 2.62. The van der Waals surface area contributed by atoms with E-state index in [9.17, 15) is 4.79 Å². The van der Waals surface area contributed by atoms with Crippen LogP contribution in [0, 0.1) is 23.7 Å². The maximum atomic E-state index is 13.9. The van der Waals surface area contributed by atoms with Crippen molar-refractivity contribution in [2.45, 2.75) is 59.5 Å². The molecule has 0 spiro atoms. The SMILES string of the molecule is COc1c(Cl)ccc2c(C(=O)N[C@@H]3C(C)(C)[C@@H]4CC[C@@]3(C)C4)c(C)n(CCN3CCOCC3)c12. The minimum Gasteiger partial charge on any atom is -0.493 e. The van der Waals surface area contributed by atoms with Gasteiger partial charge < -0.3 is 19.4 Å². The summed E-state index contributed by atoms with van der Waals surface area (Å²) in [6.45, 7) is 14.1. The monoisotopic (exact) mass is 487 g/mol. The molecule has 1 aromatic carbocycles. The third-order valence-corrected chi connectivity index (χ3v) is 9.41. The van der Waals surface area contributed by atoms with Crippen molar-refractivity contribution in [1.82, 2.24) is 14.8 Å². The zero-order valence-electron chi connectivity index (χ0n) is 21.2. The van der Waals surface area contributed by atoms with E-state index in [-0.39, 0.29) is 22.8 Å². The zero-order valence-corrected chi connectivity index (χ0v) is 21.9. The number of carbonyl (C=O) groups is 1. The first-order valence-electron chi connectivity index (χ1n) is 12.6. The van der Waals surface area contributed by atoms with Crippen molar-refractivity contribution in [1.29, 1.82) is 0 Å². The van der Waals surface area contributed by atoms with Gasteiger partial charge in [0.05, 0.1) is 36.4 Å². The van der Waals surface area contributed by atoms with E-state index in [0.717, 1.165) is 61.6 Å². The van der Waals surface area contributed by atoms with Gasteiger partial charge >= 0.3 is 0 Å². The van der Waals surface area contributed by atoms with E-state index in [1.807, 2.05) is 12.1 Å². The van der Waals surface area contributed by atoms with Gasteiger partial charge in [0.1, 0.15) is 0 Å². The van der Waals surface area contributed by atoms with Crippen LogP contribution in [0.25, 0.3) is 10.9 Å². The van der Waals surface area contributed by atoms with Crippen molar-refractivity contribution >= 4 is 28.4 Å². The van der Waals surface area contributed by atoms with Crippen molar-refractivity contribution in [3.8, 4) is 5.75 Å². The van der Waals surface area contributed by atoms with Crippen molar-refractivity contribution in [2.24, 2.45) is 16.7 Å². The summed E-state index contributed by atoms with van der Waals surface area (Å²) < 4.78 is 13.5. The smallest absolute Gasteiger partial charge is 0.253 e. The highest BCUT2D eigenvalue weighted by atomic mass is 35.5. The standard InChI is InChI=1S/C27H38ClN3O3/c1-17-21(24(32)29-25-26(2,3)18-8-9-27(25,4)16-18)19-6-7-20(28)23(33-5)22(19)31(17)11-10-30-12-14-34-15-13-30/h6-7,18,25H,8-16H2,1-5H3,(H,29,32)/t18-,25-,27+/m1/s1. The van der Waals surface area contributed by atoms with Crippen LogP contribution >= 0.6 is 11.6 Å². The number of amides is 1. The van der Waals surface area contributed by atoms with Gasteiger partial charge in [-0.05, 0) is 49.0 Å². The molecule has 1 saturated heterocycles. The number of morpholine rings is 1. The summed E-state index contributed by atoms with van der Waals surface area (Å²) in [5.41, 5.74) is 2.89. The molecule has 1 aliphatic heterocycles. The molecule has 34 heavy (non-hydrogen) atoms. The molecule has 3 atom stereocenters. The number of fused-ring (bicyclic) bond motifs is 3. The van der Waals surface area contributed by atoms with Gasteiger partial charge in [-0.2, -0.15) is 0 Å². The molecule has 2 aromatic rings. The maximum Gasteiger partial charge on any atom is 0.253 e. The Balaban J connectivity index is 1.52. The number of halogens is 1. The Morgan fingerprint density at radius 2 is 1.97 bits per heavy atom. The molecule has 7 heteroatoms.